The average molecular weight is 285 g/mol. The fraction of sp³-hybridized carbons (Fsp3) is 0.533. The average Bonchev–Trinajstić information content (AvgIpc) is 2.46. The summed E-state index contributed by atoms with van der Waals surface area (Å²) < 4.78 is 10.3. The highest BCUT2D eigenvalue weighted by atomic mass is 35.5. The van der Waals surface area contributed by atoms with E-state index in [1.165, 1.54) is 0 Å². The summed E-state index contributed by atoms with van der Waals surface area (Å²) in [6.07, 6.45) is 4.63. The van der Waals surface area contributed by atoms with E-state index < -0.39 is 0 Å². The lowest BCUT2D eigenvalue weighted by atomic mass is 10.0. The van der Waals surface area contributed by atoms with E-state index in [2.05, 4.69) is 0 Å². The summed E-state index contributed by atoms with van der Waals surface area (Å²) in [4.78, 5) is 12.0. The summed E-state index contributed by atoms with van der Waals surface area (Å²) in [7, 11) is 3.15. The van der Waals surface area contributed by atoms with Crippen LogP contribution in [0.1, 0.15) is 42.5 Å². The number of carbonyl (C=O) groups is 1. The van der Waals surface area contributed by atoms with E-state index in [-0.39, 0.29) is 5.78 Å². The summed E-state index contributed by atoms with van der Waals surface area (Å²) >= 11 is 5.61. The summed E-state index contributed by atoms with van der Waals surface area (Å²) in [5.41, 5.74) is 0.676. The molecular formula is C15H21ClO3. The highest BCUT2D eigenvalue weighted by Gasteiger charge is 2.10. The first kappa shape index (κ1) is 15.8. The SMILES string of the molecule is COc1ccc(C(=O)CCCCCCCl)cc1OC. The number of unbranched alkanes of at least 4 members (excludes halogenated alkanes) is 3. The molecule has 1 rings (SSSR count). The Bertz CT molecular complexity index is 404. The normalized spacial score (nSPS) is 10.3. The van der Waals surface area contributed by atoms with Crippen LogP contribution < -0.4 is 9.47 Å². The molecule has 3 nitrogen and oxygen atoms in total. The first-order chi connectivity index (χ1) is 9.22. The number of ketones is 1. The molecule has 0 unspecified atom stereocenters. The van der Waals surface area contributed by atoms with Gasteiger partial charge in [-0.2, -0.15) is 0 Å². The topological polar surface area (TPSA) is 35.5 Å². The molecular weight excluding hydrogens is 264 g/mol. The van der Waals surface area contributed by atoms with Crippen molar-refractivity contribution in [2.24, 2.45) is 0 Å². The molecule has 0 aromatic heterocycles. The summed E-state index contributed by atoms with van der Waals surface area (Å²) in [5.74, 6) is 2.08. The van der Waals surface area contributed by atoms with Crippen molar-refractivity contribution in [2.45, 2.75) is 32.1 Å². The molecule has 0 fully saturated rings. The molecule has 0 bridgehead atoms. The Balaban J connectivity index is 2.52. The molecule has 4 heteroatoms. The highest BCUT2D eigenvalue weighted by molar-refractivity contribution is 6.17. The van der Waals surface area contributed by atoms with Gasteiger partial charge in [0.15, 0.2) is 17.3 Å². The summed E-state index contributed by atoms with van der Waals surface area (Å²) in [6.45, 7) is 0. The van der Waals surface area contributed by atoms with Crippen molar-refractivity contribution >= 4 is 17.4 Å². The number of ether oxygens (including phenoxy) is 2. The van der Waals surface area contributed by atoms with E-state index >= 15 is 0 Å². The van der Waals surface area contributed by atoms with E-state index in [0.29, 0.717) is 29.4 Å². The molecule has 0 aliphatic carbocycles. The molecule has 0 saturated carbocycles. The van der Waals surface area contributed by atoms with Gasteiger partial charge in [-0.15, -0.1) is 11.6 Å². The third kappa shape index (κ3) is 5.11. The Kier molecular flexibility index (Phi) is 7.34. The maximum atomic E-state index is 12.0. The smallest absolute Gasteiger partial charge is 0.163 e. The number of methoxy groups -OCH3 is 2. The Labute approximate surface area is 119 Å². The van der Waals surface area contributed by atoms with Crippen LogP contribution in [0, 0.1) is 0 Å². The lowest BCUT2D eigenvalue weighted by molar-refractivity contribution is 0.0978. The Morgan fingerprint density at radius 3 is 2.37 bits per heavy atom. The fourth-order valence-corrected chi connectivity index (χ4v) is 2.08. The minimum absolute atomic E-state index is 0.145. The van der Waals surface area contributed by atoms with Gasteiger partial charge in [0.05, 0.1) is 14.2 Å². The second-order valence-corrected chi connectivity index (χ2v) is 4.72. The van der Waals surface area contributed by atoms with Gasteiger partial charge in [-0.3, -0.25) is 4.79 Å². The molecule has 0 heterocycles. The van der Waals surface area contributed by atoms with E-state index in [0.717, 1.165) is 25.7 Å². The molecule has 0 radical (unpaired) electrons. The van der Waals surface area contributed by atoms with Gasteiger partial charge in [-0.05, 0) is 31.0 Å². The van der Waals surface area contributed by atoms with Crippen LogP contribution in [0.4, 0.5) is 0 Å². The summed E-state index contributed by atoms with van der Waals surface area (Å²) in [6, 6.07) is 5.28. The van der Waals surface area contributed by atoms with E-state index in [4.69, 9.17) is 21.1 Å². The van der Waals surface area contributed by atoms with Gasteiger partial charge in [-0.25, -0.2) is 0 Å². The van der Waals surface area contributed by atoms with Crippen LogP contribution in [0.25, 0.3) is 0 Å². The maximum Gasteiger partial charge on any atom is 0.163 e. The number of alkyl halides is 1. The molecule has 0 atom stereocenters. The molecule has 0 spiro atoms. The molecule has 0 aliphatic heterocycles. The summed E-state index contributed by atoms with van der Waals surface area (Å²) in [5, 5.41) is 0. The van der Waals surface area contributed by atoms with E-state index in [1.807, 2.05) is 0 Å². The van der Waals surface area contributed by atoms with Crippen molar-refractivity contribution in [2.75, 3.05) is 20.1 Å². The van der Waals surface area contributed by atoms with Crippen molar-refractivity contribution in [1.82, 2.24) is 0 Å². The molecule has 1 aromatic carbocycles. The Morgan fingerprint density at radius 2 is 1.74 bits per heavy atom. The zero-order chi connectivity index (χ0) is 14.1. The van der Waals surface area contributed by atoms with E-state index in [9.17, 15) is 4.79 Å². The molecule has 106 valence electrons. The maximum absolute atomic E-state index is 12.0. The quantitative estimate of drug-likeness (QED) is 0.389. The van der Waals surface area contributed by atoms with Crippen LogP contribution in [-0.2, 0) is 0 Å². The minimum atomic E-state index is 0.145. The standard InChI is InChI=1S/C15H21ClO3/c1-18-14-9-8-12(11-15(14)19-2)13(17)7-5-3-4-6-10-16/h8-9,11H,3-7,10H2,1-2H3. The predicted molar refractivity (Wildman–Crippen MR) is 77.7 cm³/mol. The number of benzene rings is 1. The molecule has 0 amide bonds. The zero-order valence-electron chi connectivity index (χ0n) is 11.6. The number of carbonyl (C=O) groups excluding carboxylic acids is 1. The lowest BCUT2D eigenvalue weighted by Gasteiger charge is -2.09. The third-order valence-corrected chi connectivity index (χ3v) is 3.26. The predicted octanol–water partition coefficient (Wildman–Crippen LogP) is 4.08. The highest BCUT2D eigenvalue weighted by Crippen LogP contribution is 2.28. The minimum Gasteiger partial charge on any atom is -0.493 e. The van der Waals surface area contributed by atoms with Crippen molar-refractivity contribution in [3.8, 4) is 11.5 Å². The van der Waals surface area contributed by atoms with Gasteiger partial charge in [0.1, 0.15) is 0 Å². The van der Waals surface area contributed by atoms with Crippen molar-refractivity contribution in [3.05, 3.63) is 23.8 Å². The Hall–Kier alpha value is -1.22. The number of hydrogen-bond acceptors (Lipinski definition) is 3. The molecule has 1 aromatic rings. The monoisotopic (exact) mass is 284 g/mol. The van der Waals surface area contributed by atoms with Crippen LogP contribution in [0.3, 0.4) is 0 Å². The Morgan fingerprint density at radius 1 is 1.05 bits per heavy atom. The second-order valence-electron chi connectivity index (χ2n) is 4.35. The van der Waals surface area contributed by atoms with Gasteiger partial charge >= 0.3 is 0 Å². The van der Waals surface area contributed by atoms with Crippen LogP contribution in [-0.4, -0.2) is 25.9 Å². The van der Waals surface area contributed by atoms with Crippen molar-refractivity contribution < 1.29 is 14.3 Å². The van der Waals surface area contributed by atoms with Crippen LogP contribution in [0.15, 0.2) is 18.2 Å². The van der Waals surface area contributed by atoms with Gasteiger partial charge in [0.25, 0.3) is 0 Å². The lowest BCUT2D eigenvalue weighted by Crippen LogP contribution is -2.00. The zero-order valence-corrected chi connectivity index (χ0v) is 12.3. The molecule has 19 heavy (non-hydrogen) atoms. The number of Topliss-reactive ketones (excluding diaryl/α,β-unsaturated/α-hetero) is 1. The molecule has 0 saturated heterocycles. The van der Waals surface area contributed by atoms with E-state index in [1.54, 1.807) is 32.4 Å². The van der Waals surface area contributed by atoms with Gasteiger partial charge in [-0.1, -0.05) is 12.8 Å². The molecule has 0 N–H and O–H groups in total. The third-order valence-electron chi connectivity index (χ3n) is 2.99. The van der Waals surface area contributed by atoms with Crippen molar-refractivity contribution in [3.63, 3.8) is 0 Å². The van der Waals surface area contributed by atoms with Gasteiger partial charge in [0, 0.05) is 17.9 Å². The largest absolute Gasteiger partial charge is 0.493 e. The first-order valence-electron chi connectivity index (χ1n) is 6.54. The first-order valence-corrected chi connectivity index (χ1v) is 7.07. The van der Waals surface area contributed by atoms with Crippen LogP contribution in [0.5, 0.6) is 11.5 Å². The van der Waals surface area contributed by atoms with Crippen LogP contribution >= 0.6 is 11.6 Å². The van der Waals surface area contributed by atoms with Crippen molar-refractivity contribution in [1.29, 1.82) is 0 Å². The number of halogens is 1. The van der Waals surface area contributed by atoms with Crippen LogP contribution in [0.2, 0.25) is 0 Å². The van der Waals surface area contributed by atoms with Gasteiger partial charge in [0.2, 0.25) is 0 Å². The van der Waals surface area contributed by atoms with Gasteiger partial charge < -0.3 is 9.47 Å². The number of hydrogen-bond donors (Lipinski definition) is 0. The fourth-order valence-electron chi connectivity index (χ4n) is 1.89. The molecule has 0 aliphatic rings. The number of rotatable bonds is 9. The second kappa shape index (κ2) is 8.81.